The third-order valence-electron chi connectivity index (χ3n) is 3.23. The minimum atomic E-state index is -4.20. The molecule has 0 amide bonds. The first kappa shape index (κ1) is 13.8. The Labute approximate surface area is 94.5 Å². The van der Waals surface area contributed by atoms with Crippen LogP contribution in [-0.4, -0.2) is 33.0 Å². The topological polar surface area (TPSA) is 21.3 Å². The van der Waals surface area contributed by atoms with Gasteiger partial charge in [-0.25, -0.2) is 0 Å². The lowest BCUT2D eigenvalue weighted by Gasteiger charge is -2.42. The highest BCUT2D eigenvalue weighted by molar-refractivity contribution is 4.88. The van der Waals surface area contributed by atoms with Gasteiger partial charge in [-0.3, -0.25) is 0 Å². The van der Waals surface area contributed by atoms with E-state index in [1.807, 2.05) is 7.05 Å². The summed E-state index contributed by atoms with van der Waals surface area (Å²) in [6, 6.07) is 0. The molecule has 1 saturated carbocycles. The van der Waals surface area contributed by atoms with Gasteiger partial charge in [0.1, 0.15) is 6.61 Å². The third-order valence-corrected chi connectivity index (χ3v) is 3.23. The zero-order chi connectivity index (χ0) is 12.1. The van der Waals surface area contributed by atoms with Crippen LogP contribution in [-0.2, 0) is 4.74 Å². The molecule has 0 atom stereocenters. The van der Waals surface area contributed by atoms with Crippen molar-refractivity contribution in [3.8, 4) is 0 Å². The number of rotatable bonds is 7. The highest BCUT2D eigenvalue weighted by Crippen LogP contribution is 2.44. The molecule has 16 heavy (non-hydrogen) atoms. The Morgan fingerprint density at radius 3 is 2.44 bits per heavy atom. The van der Waals surface area contributed by atoms with Gasteiger partial charge in [0.15, 0.2) is 0 Å². The van der Waals surface area contributed by atoms with Crippen LogP contribution in [0.1, 0.15) is 32.1 Å². The molecule has 2 nitrogen and oxygen atoms in total. The van der Waals surface area contributed by atoms with E-state index in [1.54, 1.807) is 0 Å². The van der Waals surface area contributed by atoms with Gasteiger partial charge in [-0.2, -0.15) is 13.2 Å². The standard InChI is InChI=1S/C11H20F3NO/c1-15-8-10(4-2-5-10)6-3-7-16-9-11(12,13)14/h15H,2-9H2,1H3. The lowest BCUT2D eigenvalue weighted by Crippen LogP contribution is -2.38. The quantitative estimate of drug-likeness (QED) is 0.690. The van der Waals surface area contributed by atoms with Crippen molar-refractivity contribution >= 4 is 0 Å². The van der Waals surface area contributed by atoms with E-state index >= 15 is 0 Å². The number of hydrogen-bond acceptors (Lipinski definition) is 2. The molecule has 0 aromatic carbocycles. The molecule has 1 aliphatic carbocycles. The maximum atomic E-state index is 11.8. The van der Waals surface area contributed by atoms with E-state index in [4.69, 9.17) is 0 Å². The summed E-state index contributed by atoms with van der Waals surface area (Å²) in [5.41, 5.74) is 0.330. The van der Waals surface area contributed by atoms with E-state index in [2.05, 4.69) is 10.1 Å². The number of nitrogens with one attached hydrogen (secondary N) is 1. The van der Waals surface area contributed by atoms with Gasteiger partial charge in [0, 0.05) is 13.2 Å². The van der Waals surface area contributed by atoms with E-state index in [0.717, 1.165) is 19.4 Å². The molecule has 1 rings (SSSR count). The van der Waals surface area contributed by atoms with Crippen molar-refractivity contribution in [2.75, 3.05) is 26.8 Å². The molecule has 96 valence electrons. The van der Waals surface area contributed by atoms with Crippen LogP contribution in [0.5, 0.6) is 0 Å². The molecule has 1 aliphatic rings. The molecule has 0 spiro atoms. The van der Waals surface area contributed by atoms with Crippen molar-refractivity contribution in [3.63, 3.8) is 0 Å². The molecular formula is C11H20F3NO. The Bertz CT molecular complexity index is 202. The van der Waals surface area contributed by atoms with Crippen LogP contribution in [0.25, 0.3) is 0 Å². The number of alkyl halides is 3. The predicted molar refractivity (Wildman–Crippen MR) is 56.3 cm³/mol. The van der Waals surface area contributed by atoms with Crippen molar-refractivity contribution in [3.05, 3.63) is 0 Å². The molecule has 1 fully saturated rings. The summed E-state index contributed by atoms with van der Waals surface area (Å²) in [4.78, 5) is 0. The first-order chi connectivity index (χ1) is 7.47. The fraction of sp³-hybridized carbons (Fsp3) is 1.00. The van der Waals surface area contributed by atoms with Crippen LogP contribution < -0.4 is 5.32 Å². The van der Waals surface area contributed by atoms with Gasteiger partial charge < -0.3 is 10.1 Å². The summed E-state index contributed by atoms with van der Waals surface area (Å²) >= 11 is 0. The molecule has 0 unspecified atom stereocenters. The van der Waals surface area contributed by atoms with Crippen LogP contribution >= 0.6 is 0 Å². The minimum Gasteiger partial charge on any atom is -0.372 e. The Balaban J connectivity index is 2.06. The zero-order valence-electron chi connectivity index (χ0n) is 9.70. The van der Waals surface area contributed by atoms with Crippen molar-refractivity contribution in [1.82, 2.24) is 5.32 Å². The van der Waals surface area contributed by atoms with Crippen LogP contribution in [0.4, 0.5) is 13.2 Å². The molecule has 0 aromatic rings. The molecule has 0 bridgehead atoms. The average molecular weight is 239 g/mol. The zero-order valence-corrected chi connectivity index (χ0v) is 9.70. The van der Waals surface area contributed by atoms with Gasteiger partial charge in [0.05, 0.1) is 0 Å². The maximum Gasteiger partial charge on any atom is 0.411 e. The number of hydrogen-bond donors (Lipinski definition) is 1. The van der Waals surface area contributed by atoms with Crippen molar-refractivity contribution in [2.45, 2.75) is 38.3 Å². The fourth-order valence-electron chi connectivity index (χ4n) is 2.30. The molecule has 0 heterocycles. The fourth-order valence-corrected chi connectivity index (χ4v) is 2.30. The SMILES string of the molecule is CNCC1(CCCOCC(F)(F)F)CCC1. The Hall–Kier alpha value is -0.290. The summed E-state index contributed by atoms with van der Waals surface area (Å²) in [5, 5.41) is 3.15. The van der Waals surface area contributed by atoms with Crippen LogP contribution in [0, 0.1) is 5.41 Å². The lowest BCUT2D eigenvalue weighted by atomic mass is 9.66. The molecule has 0 aromatic heterocycles. The van der Waals surface area contributed by atoms with Crippen LogP contribution in [0.15, 0.2) is 0 Å². The van der Waals surface area contributed by atoms with Crippen molar-refractivity contribution in [2.24, 2.45) is 5.41 Å². The van der Waals surface area contributed by atoms with Crippen molar-refractivity contribution in [1.29, 1.82) is 0 Å². The van der Waals surface area contributed by atoms with Gasteiger partial charge in [-0.1, -0.05) is 6.42 Å². The van der Waals surface area contributed by atoms with Crippen LogP contribution in [0.2, 0.25) is 0 Å². The van der Waals surface area contributed by atoms with Gasteiger partial charge in [-0.05, 0) is 38.1 Å². The summed E-state index contributed by atoms with van der Waals surface area (Å²) in [5.74, 6) is 0. The summed E-state index contributed by atoms with van der Waals surface area (Å²) in [6.45, 7) is 0.0588. The van der Waals surface area contributed by atoms with E-state index in [9.17, 15) is 13.2 Å². The number of halogens is 3. The maximum absolute atomic E-state index is 11.8. The Morgan fingerprint density at radius 2 is 2.00 bits per heavy atom. The number of ether oxygens (including phenoxy) is 1. The monoisotopic (exact) mass is 239 g/mol. The van der Waals surface area contributed by atoms with Gasteiger partial charge in [0.25, 0.3) is 0 Å². The third kappa shape index (κ3) is 4.70. The molecule has 1 N–H and O–H groups in total. The molecular weight excluding hydrogens is 219 g/mol. The summed E-state index contributed by atoms with van der Waals surface area (Å²) in [7, 11) is 1.92. The second kappa shape index (κ2) is 5.87. The minimum absolute atomic E-state index is 0.213. The first-order valence-corrected chi connectivity index (χ1v) is 5.77. The highest BCUT2D eigenvalue weighted by Gasteiger charge is 2.35. The second-order valence-electron chi connectivity index (χ2n) is 4.66. The van der Waals surface area contributed by atoms with Gasteiger partial charge in [-0.15, -0.1) is 0 Å². The lowest BCUT2D eigenvalue weighted by molar-refractivity contribution is -0.174. The summed E-state index contributed by atoms with van der Waals surface area (Å²) < 4.78 is 39.9. The van der Waals surface area contributed by atoms with E-state index in [-0.39, 0.29) is 6.61 Å². The summed E-state index contributed by atoms with van der Waals surface area (Å²) in [6.07, 6.45) is 1.11. The van der Waals surface area contributed by atoms with Crippen LogP contribution in [0.3, 0.4) is 0 Å². The van der Waals surface area contributed by atoms with E-state index < -0.39 is 12.8 Å². The molecule has 5 heteroatoms. The van der Waals surface area contributed by atoms with E-state index in [0.29, 0.717) is 5.41 Å². The first-order valence-electron chi connectivity index (χ1n) is 5.77. The van der Waals surface area contributed by atoms with Gasteiger partial charge >= 0.3 is 6.18 Å². The second-order valence-corrected chi connectivity index (χ2v) is 4.66. The normalized spacial score (nSPS) is 19.5. The average Bonchev–Trinajstić information content (AvgIpc) is 2.11. The smallest absolute Gasteiger partial charge is 0.372 e. The van der Waals surface area contributed by atoms with Crippen molar-refractivity contribution < 1.29 is 17.9 Å². The molecule has 0 aliphatic heterocycles. The van der Waals surface area contributed by atoms with Gasteiger partial charge in [0.2, 0.25) is 0 Å². The molecule has 0 saturated heterocycles. The highest BCUT2D eigenvalue weighted by atomic mass is 19.4. The predicted octanol–water partition coefficient (Wildman–Crippen LogP) is 2.74. The molecule has 0 radical (unpaired) electrons. The Morgan fingerprint density at radius 1 is 1.31 bits per heavy atom. The largest absolute Gasteiger partial charge is 0.411 e. The van der Waals surface area contributed by atoms with E-state index in [1.165, 1.54) is 19.3 Å². The Kier molecular flexibility index (Phi) is 5.05.